The van der Waals surface area contributed by atoms with E-state index in [4.69, 9.17) is 19.3 Å². The summed E-state index contributed by atoms with van der Waals surface area (Å²) in [6.45, 7) is 8.29. The van der Waals surface area contributed by atoms with E-state index in [0.717, 1.165) is 44.3 Å². The molecule has 6 rings (SSSR count). The Morgan fingerprint density at radius 2 is 1.56 bits per heavy atom. The van der Waals surface area contributed by atoms with Crippen molar-refractivity contribution in [2.45, 2.75) is 38.9 Å². The number of hydrogen-bond acceptors (Lipinski definition) is 4. The maximum absolute atomic E-state index is 6.29. The summed E-state index contributed by atoms with van der Waals surface area (Å²) in [6.07, 6.45) is 2.04. The predicted octanol–water partition coefficient (Wildman–Crippen LogP) is 5.00. The monoisotopic (exact) mass is 421 g/mol. The zero-order valence-corrected chi connectivity index (χ0v) is 18.7. The van der Waals surface area contributed by atoms with Gasteiger partial charge in [-0.25, -0.2) is 9.97 Å². The Balaban J connectivity index is 1.58. The molecule has 0 unspecified atom stereocenters. The van der Waals surface area contributed by atoms with Gasteiger partial charge in [-0.1, -0.05) is 48.5 Å². The lowest BCUT2D eigenvalue weighted by molar-refractivity contribution is 0.00578. The average Bonchev–Trinajstić information content (AvgIpc) is 3.27. The van der Waals surface area contributed by atoms with Gasteiger partial charge in [0, 0.05) is 17.1 Å². The number of imidazole rings is 1. The molecule has 1 fully saturated rings. The van der Waals surface area contributed by atoms with Crippen LogP contribution in [0.2, 0.25) is 0 Å². The highest BCUT2D eigenvalue weighted by molar-refractivity contribution is 6.62. The molecule has 0 saturated carbocycles. The van der Waals surface area contributed by atoms with E-state index < -0.39 is 7.12 Å². The van der Waals surface area contributed by atoms with Gasteiger partial charge in [-0.2, -0.15) is 0 Å². The Labute approximate surface area is 187 Å². The molecular weight excluding hydrogens is 397 g/mol. The summed E-state index contributed by atoms with van der Waals surface area (Å²) in [5.41, 5.74) is 5.92. The molecule has 5 nitrogen and oxygen atoms in total. The minimum absolute atomic E-state index is 0.385. The smallest absolute Gasteiger partial charge is 0.399 e. The van der Waals surface area contributed by atoms with Crippen LogP contribution in [0.3, 0.4) is 0 Å². The van der Waals surface area contributed by atoms with Gasteiger partial charge in [-0.05, 0) is 51.4 Å². The molecule has 0 radical (unpaired) electrons. The molecule has 6 heteroatoms. The number of pyridine rings is 2. The zero-order chi connectivity index (χ0) is 22.1. The van der Waals surface area contributed by atoms with Crippen LogP contribution in [-0.4, -0.2) is 32.7 Å². The minimum atomic E-state index is -0.418. The zero-order valence-electron chi connectivity index (χ0n) is 18.7. The molecule has 1 saturated heterocycles. The summed E-state index contributed by atoms with van der Waals surface area (Å²) >= 11 is 0. The number of benzene rings is 2. The second-order valence-electron chi connectivity index (χ2n) is 9.43. The molecule has 0 bridgehead atoms. The molecule has 2 aromatic carbocycles. The van der Waals surface area contributed by atoms with E-state index in [1.807, 2.05) is 48.7 Å². The van der Waals surface area contributed by atoms with Crippen molar-refractivity contribution in [3.8, 4) is 11.3 Å². The van der Waals surface area contributed by atoms with E-state index in [1.165, 1.54) is 0 Å². The fourth-order valence-corrected chi connectivity index (χ4v) is 4.37. The SMILES string of the molecule is CC1(C)OB(c2cccc(-c3nc4ccccc4c4nc5ccccn5c34)c2)OC1(C)C. The van der Waals surface area contributed by atoms with Crippen molar-refractivity contribution in [2.24, 2.45) is 0 Å². The van der Waals surface area contributed by atoms with Crippen LogP contribution in [0.1, 0.15) is 27.7 Å². The molecule has 0 spiro atoms. The topological polar surface area (TPSA) is 48.7 Å². The number of nitrogens with zero attached hydrogens (tertiary/aromatic N) is 3. The van der Waals surface area contributed by atoms with Crippen LogP contribution in [0.25, 0.3) is 38.8 Å². The van der Waals surface area contributed by atoms with Crippen molar-refractivity contribution >= 4 is 40.2 Å². The lowest BCUT2D eigenvalue weighted by Crippen LogP contribution is -2.41. The molecular formula is C26H24BN3O2. The highest BCUT2D eigenvalue weighted by atomic mass is 16.7. The van der Waals surface area contributed by atoms with E-state index in [2.05, 4.69) is 56.4 Å². The van der Waals surface area contributed by atoms with Gasteiger partial charge in [0.05, 0.1) is 27.9 Å². The summed E-state index contributed by atoms with van der Waals surface area (Å²) in [5.74, 6) is 0. The second-order valence-corrected chi connectivity index (χ2v) is 9.43. The van der Waals surface area contributed by atoms with E-state index in [9.17, 15) is 0 Å². The molecule has 0 atom stereocenters. The Hall–Kier alpha value is -3.22. The Kier molecular flexibility index (Phi) is 4.04. The fraction of sp³-hybridized carbons (Fsp3) is 0.231. The number of rotatable bonds is 2. The first-order chi connectivity index (χ1) is 15.3. The van der Waals surface area contributed by atoms with Gasteiger partial charge in [-0.3, -0.25) is 4.40 Å². The number of aromatic nitrogens is 3. The van der Waals surface area contributed by atoms with Gasteiger partial charge in [0.1, 0.15) is 11.2 Å². The number of fused-ring (bicyclic) bond motifs is 5. The number of hydrogen-bond donors (Lipinski definition) is 0. The first-order valence-corrected chi connectivity index (χ1v) is 11.0. The fourth-order valence-electron chi connectivity index (χ4n) is 4.37. The van der Waals surface area contributed by atoms with Gasteiger partial charge in [0.2, 0.25) is 0 Å². The summed E-state index contributed by atoms with van der Waals surface area (Å²) in [5, 5.41) is 1.05. The van der Waals surface area contributed by atoms with Crippen molar-refractivity contribution in [3.63, 3.8) is 0 Å². The van der Waals surface area contributed by atoms with E-state index >= 15 is 0 Å². The summed E-state index contributed by atoms with van der Waals surface area (Å²) in [6, 6.07) is 22.5. The molecule has 0 N–H and O–H groups in total. The van der Waals surface area contributed by atoms with Crippen LogP contribution in [0.15, 0.2) is 72.9 Å². The van der Waals surface area contributed by atoms with Crippen molar-refractivity contribution in [1.82, 2.24) is 14.4 Å². The maximum atomic E-state index is 6.29. The van der Waals surface area contributed by atoms with Crippen molar-refractivity contribution < 1.29 is 9.31 Å². The van der Waals surface area contributed by atoms with Crippen LogP contribution in [-0.2, 0) is 9.31 Å². The third-order valence-corrected chi connectivity index (χ3v) is 6.83. The van der Waals surface area contributed by atoms with Crippen molar-refractivity contribution in [3.05, 3.63) is 72.9 Å². The van der Waals surface area contributed by atoms with E-state index in [-0.39, 0.29) is 11.2 Å². The molecule has 1 aliphatic heterocycles. The summed E-state index contributed by atoms with van der Waals surface area (Å²) in [7, 11) is -0.418. The van der Waals surface area contributed by atoms with Gasteiger partial charge >= 0.3 is 7.12 Å². The highest BCUT2D eigenvalue weighted by Crippen LogP contribution is 2.37. The third-order valence-electron chi connectivity index (χ3n) is 6.83. The Bertz CT molecular complexity index is 1490. The largest absolute Gasteiger partial charge is 0.494 e. The number of para-hydroxylation sites is 1. The third kappa shape index (κ3) is 2.80. The second kappa shape index (κ2) is 6.64. The van der Waals surface area contributed by atoms with Crippen LogP contribution in [0.5, 0.6) is 0 Å². The molecule has 0 aliphatic carbocycles. The van der Waals surface area contributed by atoms with Gasteiger partial charge < -0.3 is 9.31 Å². The lowest BCUT2D eigenvalue weighted by Gasteiger charge is -2.32. The molecule has 4 heterocycles. The Morgan fingerprint density at radius 1 is 0.812 bits per heavy atom. The molecule has 32 heavy (non-hydrogen) atoms. The molecule has 1 aliphatic rings. The minimum Gasteiger partial charge on any atom is -0.399 e. The molecule has 5 aromatic rings. The first kappa shape index (κ1) is 19.5. The van der Waals surface area contributed by atoms with Crippen molar-refractivity contribution in [2.75, 3.05) is 0 Å². The Morgan fingerprint density at radius 3 is 2.38 bits per heavy atom. The normalized spacial score (nSPS) is 17.6. The molecule has 158 valence electrons. The standard InChI is InChI=1S/C26H24BN3O2/c1-25(2)26(3,4)32-27(31-25)18-11-9-10-17(16-18)22-24-23(19-12-5-6-13-20(19)28-22)29-21-14-7-8-15-30(21)24/h5-16H,1-4H3. The maximum Gasteiger partial charge on any atom is 0.494 e. The van der Waals surface area contributed by atoms with Crippen molar-refractivity contribution in [1.29, 1.82) is 0 Å². The predicted molar refractivity (Wildman–Crippen MR) is 129 cm³/mol. The molecule has 3 aromatic heterocycles. The van der Waals surface area contributed by atoms with E-state index in [1.54, 1.807) is 0 Å². The van der Waals surface area contributed by atoms with Crippen LogP contribution >= 0.6 is 0 Å². The highest BCUT2D eigenvalue weighted by Gasteiger charge is 2.51. The van der Waals surface area contributed by atoms with Crippen LogP contribution < -0.4 is 5.46 Å². The van der Waals surface area contributed by atoms with Gasteiger partial charge in [0.25, 0.3) is 0 Å². The summed E-state index contributed by atoms with van der Waals surface area (Å²) in [4.78, 5) is 10.0. The molecule has 0 amide bonds. The van der Waals surface area contributed by atoms with Crippen LogP contribution in [0.4, 0.5) is 0 Å². The summed E-state index contributed by atoms with van der Waals surface area (Å²) < 4.78 is 14.7. The lowest BCUT2D eigenvalue weighted by atomic mass is 9.78. The quantitative estimate of drug-likeness (QED) is 0.377. The van der Waals surface area contributed by atoms with E-state index in [0.29, 0.717) is 0 Å². The van der Waals surface area contributed by atoms with Crippen LogP contribution in [0, 0.1) is 0 Å². The average molecular weight is 421 g/mol. The van der Waals surface area contributed by atoms with Gasteiger partial charge in [-0.15, -0.1) is 0 Å². The van der Waals surface area contributed by atoms with Gasteiger partial charge in [0.15, 0.2) is 0 Å². The first-order valence-electron chi connectivity index (χ1n) is 11.0.